The van der Waals surface area contributed by atoms with Crippen molar-refractivity contribution in [3.05, 3.63) is 77.7 Å². The quantitative estimate of drug-likeness (QED) is 0.439. The number of aliphatic imine (C=N–C) groups is 1. The molecule has 0 aliphatic carbocycles. The average molecular weight is 433 g/mol. The molecule has 2 N–H and O–H groups in total. The Morgan fingerprint density at radius 1 is 0.969 bits per heavy atom. The van der Waals surface area contributed by atoms with Crippen molar-refractivity contribution >= 4 is 11.8 Å². The average Bonchev–Trinajstić information content (AvgIpc) is 3.34. The largest absolute Gasteiger partial charge is 0.354 e. The number of likely N-dealkylation sites (N-methyl/N-ethyl adjacent to an activating group) is 1. The minimum Gasteiger partial charge on any atom is -0.354 e. The third-order valence-corrected chi connectivity index (χ3v) is 5.78. The molecular weight excluding hydrogens is 400 g/mol. The number of aromatic nitrogens is 3. The van der Waals surface area contributed by atoms with E-state index in [9.17, 15) is 0 Å². The Morgan fingerprint density at radius 3 is 2.44 bits per heavy atom. The predicted molar refractivity (Wildman–Crippen MR) is 129 cm³/mol. The molecule has 4 rings (SSSR count). The zero-order valence-electron chi connectivity index (χ0n) is 18.9. The van der Waals surface area contributed by atoms with Gasteiger partial charge in [-0.3, -0.25) is 9.67 Å². The molecule has 3 aromatic rings. The number of rotatable bonds is 7. The second-order valence-corrected chi connectivity index (χ2v) is 8.07. The van der Waals surface area contributed by atoms with E-state index in [4.69, 9.17) is 0 Å². The van der Waals surface area contributed by atoms with Crippen LogP contribution in [-0.2, 0) is 19.6 Å². The van der Waals surface area contributed by atoms with Gasteiger partial charge in [0.25, 0.3) is 0 Å². The van der Waals surface area contributed by atoms with E-state index in [0.717, 1.165) is 50.1 Å². The molecule has 32 heavy (non-hydrogen) atoms. The van der Waals surface area contributed by atoms with Crippen LogP contribution in [0.25, 0.3) is 0 Å². The molecule has 0 radical (unpaired) electrons. The molecule has 1 aliphatic rings. The second-order valence-electron chi connectivity index (χ2n) is 8.07. The molecule has 168 valence electrons. The molecule has 0 spiro atoms. The Kier molecular flexibility index (Phi) is 7.34. The zero-order valence-corrected chi connectivity index (χ0v) is 18.9. The summed E-state index contributed by atoms with van der Waals surface area (Å²) in [6, 6.07) is 14.6. The molecule has 0 amide bonds. The van der Waals surface area contributed by atoms with E-state index in [-0.39, 0.29) is 0 Å². The van der Waals surface area contributed by atoms with Gasteiger partial charge in [-0.25, -0.2) is 4.98 Å². The number of pyridine rings is 1. The molecule has 1 aliphatic heterocycles. The maximum absolute atomic E-state index is 4.67. The standard InChI is InChI=1S/C24H32N8/c1-25-24(28-18-21-6-3-4-7-22(21)19-32-11-5-10-29-32)27-17-20-8-9-23(26-16-20)31-14-12-30(2)13-15-31/h3-11,16H,12-15,17-19H2,1-2H3,(H2,25,27,28). The summed E-state index contributed by atoms with van der Waals surface area (Å²) in [5, 5.41) is 11.1. The predicted octanol–water partition coefficient (Wildman–Crippen LogP) is 1.94. The SMILES string of the molecule is CN=C(NCc1ccc(N2CCN(C)CC2)nc1)NCc1ccccc1Cn1cccn1. The van der Waals surface area contributed by atoms with E-state index in [1.54, 1.807) is 13.2 Å². The van der Waals surface area contributed by atoms with Crippen LogP contribution in [0, 0.1) is 0 Å². The van der Waals surface area contributed by atoms with Gasteiger partial charge in [0.05, 0.1) is 6.54 Å². The number of nitrogens with zero attached hydrogens (tertiary/aromatic N) is 6. The first-order chi connectivity index (χ1) is 15.7. The van der Waals surface area contributed by atoms with E-state index < -0.39 is 0 Å². The number of hydrogen-bond donors (Lipinski definition) is 2. The number of anilines is 1. The van der Waals surface area contributed by atoms with Gasteiger partial charge in [0, 0.05) is 64.9 Å². The van der Waals surface area contributed by atoms with Gasteiger partial charge < -0.3 is 20.4 Å². The minimum atomic E-state index is 0.671. The van der Waals surface area contributed by atoms with Crippen LogP contribution in [-0.4, -0.2) is 65.9 Å². The lowest BCUT2D eigenvalue weighted by Gasteiger charge is -2.33. The van der Waals surface area contributed by atoms with E-state index in [1.165, 1.54) is 11.1 Å². The maximum atomic E-state index is 4.67. The third kappa shape index (κ3) is 5.85. The maximum Gasteiger partial charge on any atom is 0.191 e. The molecule has 2 aromatic heterocycles. The van der Waals surface area contributed by atoms with Crippen LogP contribution >= 0.6 is 0 Å². The molecule has 0 bridgehead atoms. The van der Waals surface area contributed by atoms with Crippen molar-refractivity contribution < 1.29 is 0 Å². The van der Waals surface area contributed by atoms with Crippen LogP contribution in [0.5, 0.6) is 0 Å². The van der Waals surface area contributed by atoms with Gasteiger partial charge in [-0.2, -0.15) is 5.10 Å². The van der Waals surface area contributed by atoms with Gasteiger partial charge >= 0.3 is 0 Å². The lowest BCUT2D eigenvalue weighted by Crippen LogP contribution is -2.44. The highest BCUT2D eigenvalue weighted by Gasteiger charge is 2.15. The van der Waals surface area contributed by atoms with Crippen molar-refractivity contribution in [2.45, 2.75) is 19.6 Å². The fourth-order valence-corrected chi connectivity index (χ4v) is 3.78. The summed E-state index contributed by atoms with van der Waals surface area (Å²) in [7, 11) is 3.96. The third-order valence-electron chi connectivity index (χ3n) is 5.78. The van der Waals surface area contributed by atoms with Gasteiger partial charge in [0.1, 0.15) is 5.82 Å². The van der Waals surface area contributed by atoms with Crippen molar-refractivity contribution in [2.75, 3.05) is 45.2 Å². The second kappa shape index (κ2) is 10.8. The molecule has 0 atom stereocenters. The highest BCUT2D eigenvalue weighted by molar-refractivity contribution is 5.79. The van der Waals surface area contributed by atoms with Gasteiger partial charge in [-0.05, 0) is 35.9 Å². The summed E-state index contributed by atoms with van der Waals surface area (Å²) in [6.07, 6.45) is 5.74. The van der Waals surface area contributed by atoms with E-state index >= 15 is 0 Å². The summed E-state index contributed by atoms with van der Waals surface area (Å²) >= 11 is 0. The molecule has 1 aromatic carbocycles. The summed E-state index contributed by atoms with van der Waals surface area (Å²) < 4.78 is 1.94. The Balaban J connectivity index is 1.28. The van der Waals surface area contributed by atoms with Crippen molar-refractivity contribution in [2.24, 2.45) is 4.99 Å². The fourth-order valence-electron chi connectivity index (χ4n) is 3.78. The molecule has 1 fully saturated rings. The summed E-state index contributed by atoms with van der Waals surface area (Å²) in [5.74, 6) is 1.82. The van der Waals surface area contributed by atoms with Crippen LogP contribution < -0.4 is 15.5 Å². The summed E-state index contributed by atoms with van der Waals surface area (Å²) in [6.45, 7) is 6.33. The Labute approximate surface area is 190 Å². The molecule has 0 saturated carbocycles. The number of nitrogens with one attached hydrogen (secondary N) is 2. The number of benzene rings is 1. The van der Waals surface area contributed by atoms with Crippen molar-refractivity contribution in [3.63, 3.8) is 0 Å². The molecule has 0 unspecified atom stereocenters. The summed E-state index contributed by atoms with van der Waals surface area (Å²) in [4.78, 5) is 13.7. The topological polar surface area (TPSA) is 73.6 Å². The molecule has 3 heterocycles. The number of guanidine groups is 1. The molecule has 8 heteroatoms. The van der Waals surface area contributed by atoms with Crippen molar-refractivity contribution in [3.8, 4) is 0 Å². The minimum absolute atomic E-state index is 0.671. The first kappa shape index (κ1) is 21.8. The Morgan fingerprint density at radius 2 is 1.75 bits per heavy atom. The van der Waals surface area contributed by atoms with Gasteiger partial charge in [-0.1, -0.05) is 30.3 Å². The van der Waals surface area contributed by atoms with Crippen LogP contribution in [0.1, 0.15) is 16.7 Å². The fraction of sp³-hybridized carbons (Fsp3) is 0.375. The van der Waals surface area contributed by atoms with Gasteiger partial charge in [0.15, 0.2) is 5.96 Å². The lowest BCUT2D eigenvalue weighted by atomic mass is 10.1. The van der Waals surface area contributed by atoms with Gasteiger partial charge in [-0.15, -0.1) is 0 Å². The first-order valence-electron chi connectivity index (χ1n) is 11.1. The molecule has 8 nitrogen and oxygen atoms in total. The number of hydrogen-bond acceptors (Lipinski definition) is 5. The molecular formula is C24H32N8. The lowest BCUT2D eigenvalue weighted by molar-refractivity contribution is 0.312. The van der Waals surface area contributed by atoms with Crippen LogP contribution in [0.4, 0.5) is 5.82 Å². The Hall–Kier alpha value is -3.39. The van der Waals surface area contributed by atoms with E-state index in [1.807, 2.05) is 23.1 Å². The first-order valence-corrected chi connectivity index (χ1v) is 11.1. The van der Waals surface area contributed by atoms with Crippen LogP contribution in [0.15, 0.2) is 66.0 Å². The normalized spacial score (nSPS) is 15.1. The van der Waals surface area contributed by atoms with Crippen LogP contribution in [0.2, 0.25) is 0 Å². The monoisotopic (exact) mass is 432 g/mol. The summed E-state index contributed by atoms with van der Waals surface area (Å²) in [5.41, 5.74) is 3.59. The molecule has 1 saturated heterocycles. The van der Waals surface area contributed by atoms with Crippen LogP contribution in [0.3, 0.4) is 0 Å². The highest BCUT2D eigenvalue weighted by Crippen LogP contribution is 2.14. The van der Waals surface area contributed by atoms with Crippen molar-refractivity contribution in [1.29, 1.82) is 0 Å². The smallest absolute Gasteiger partial charge is 0.191 e. The van der Waals surface area contributed by atoms with Gasteiger partial charge in [0.2, 0.25) is 0 Å². The Bertz CT molecular complexity index is 989. The van der Waals surface area contributed by atoms with E-state index in [0.29, 0.717) is 13.1 Å². The van der Waals surface area contributed by atoms with E-state index in [2.05, 4.69) is 79.0 Å². The zero-order chi connectivity index (χ0) is 22.2. The van der Waals surface area contributed by atoms with Crippen molar-refractivity contribution in [1.82, 2.24) is 30.3 Å². The number of piperazine rings is 1. The highest BCUT2D eigenvalue weighted by atomic mass is 15.3.